The lowest BCUT2D eigenvalue weighted by Gasteiger charge is -2.08. The number of fused-ring (bicyclic) bond motifs is 1. The Morgan fingerprint density at radius 1 is 0.926 bits per heavy atom. The Morgan fingerprint density at radius 3 is 2.30 bits per heavy atom. The summed E-state index contributed by atoms with van der Waals surface area (Å²) >= 11 is 0. The fraction of sp³-hybridized carbons (Fsp3) is 0.318. The molecule has 5 heteroatoms. The van der Waals surface area contributed by atoms with E-state index in [0.717, 1.165) is 58.7 Å². The maximum absolute atomic E-state index is 6.14. The first-order valence-electron chi connectivity index (χ1n) is 9.02. The van der Waals surface area contributed by atoms with Gasteiger partial charge < -0.3 is 18.8 Å². The lowest BCUT2D eigenvalue weighted by molar-refractivity contribution is 0.402. The topological polar surface area (TPSA) is 47.2 Å². The van der Waals surface area contributed by atoms with E-state index in [1.807, 2.05) is 48.5 Å². The molecule has 27 heavy (non-hydrogen) atoms. The first kappa shape index (κ1) is 19.0. The third-order valence-corrected chi connectivity index (χ3v) is 4.37. The number of hydrogen-bond acceptors (Lipinski definition) is 5. The lowest BCUT2D eigenvalue weighted by Crippen LogP contribution is -2.14. The first-order chi connectivity index (χ1) is 13.1. The molecule has 0 N–H and O–H groups in total. The predicted octanol–water partition coefficient (Wildman–Crippen LogP) is 3.97. The Morgan fingerprint density at radius 2 is 1.63 bits per heavy atom. The summed E-state index contributed by atoms with van der Waals surface area (Å²) in [5.41, 5.74) is 1.77. The molecule has 0 radical (unpaired) electrons. The molecule has 1 aromatic heterocycles. The minimum Gasteiger partial charge on any atom is -0.497 e. The lowest BCUT2D eigenvalue weighted by atomic mass is 10.1. The highest BCUT2D eigenvalue weighted by atomic mass is 16.5. The van der Waals surface area contributed by atoms with E-state index in [2.05, 4.69) is 19.0 Å². The molecule has 3 rings (SSSR count). The summed E-state index contributed by atoms with van der Waals surface area (Å²) < 4.78 is 16.8. The van der Waals surface area contributed by atoms with Gasteiger partial charge in [-0.25, -0.2) is 0 Å². The molecule has 0 saturated carbocycles. The molecule has 0 amide bonds. The summed E-state index contributed by atoms with van der Waals surface area (Å²) in [5, 5.41) is 1.87. The molecule has 3 aromatic rings. The summed E-state index contributed by atoms with van der Waals surface area (Å²) in [6, 6.07) is 15.6. The molecule has 142 valence electrons. The molecule has 1 heterocycles. The van der Waals surface area contributed by atoms with Crippen LogP contribution in [0.4, 0.5) is 0 Å². The van der Waals surface area contributed by atoms with Gasteiger partial charge in [0.05, 0.1) is 19.6 Å². The quantitative estimate of drug-likeness (QED) is 0.594. The van der Waals surface area contributed by atoms with Crippen LogP contribution in [0.15, 0.2) is 57.9 Å². The second-order valence-corrected chi connectivity index (χ2v) is 6.63. The van der Waals surface area contributed by atoms with Gasteiger partial charge in [0.25, 0.3) is 0 Å². The molecule has 0 atom stereocenters. The van der Waals surface area contributed by atoms with Crippen LogP contribution in [0.2, 0.25) is 0 Å². The summed E-state index contributed by atoms with van der Waals surface area (Å²) in [4.78, 5) is 7.00. The molecule has 5 nitrogen and oxygen atoms in total. The first-order valence-corrected chi connectivity index (χ1v) is 9.02. The Kier molecular flexibility index (Phi) is 6.14. The average Bonchev–Trinajstić information content (AvgIpc) is 2.70. The van der Waals surface area contributed by atoms with Crippen molar-refractivity contribution in [2.45, 2.75) is 6.42 Å². The van der Waals surface area contributed by atoms with E-state index < -0.39 is 0 Å². The molecule has 0 aliphatic carbocycles. The van der Waals surface area contributed by atoms with Crippen molar-refractivity contribution >= 4 is 11.0 Å². The summed E-state index contributed by atoms with van der Waals surface area (Å²) in [6.45, 7) is 1.77. The Bertz CT molecular complexity index is 959. The van der Waals surface area contributed by atoms with Gasteiger partial charge in [0.15, 0.2) is 0 Å². The van der Waals surface area contributed by atoms with E-state index in [1.54, 1.807) is 14.2 Å². The van der Waals surface area contributed by atoms with E-state index in [9.17, 15) is 0 Å². The number of nitrogens with zero attached hydrogens (tertiary/aromatic N) is 2. The van der Waals surface area contributed by atoms with Gasteiger partial charge in [-0.3, -0.25) is 4.99 Å². The standard InChI is InChI=1S/C22H26N2O3/c1-24(2)13-5-12-23-20-15-22(16-6-8-17(25-3)9-7-16)27-21-11-10-18(26-4)14-19(20)21/h6-11,14-15H,5,12-13H2,1-4H3. The van der Waals surface area contributed by atoms with Crippen molar-refractivity contribution in [2.75, 3.05) is 41.4 Å². The van der Waals surface area contributed by atoms with Crippen LogP contribution < -0.4 is 14.8 Å². The van der Waals surface area contributed by atoms with Crippen LogP contribution in [-0.2, 0) is 0 Å². The molecule has 0 aliphatic heterocycles. The van der Waals surface area contributed by atoms with E-state index in [0.29, 0.717) is 0 Å². The zero-order valence-corrected chi connectivity index (χ0v) is 16.4. The smallest absolute Gasteiger partial charge is 0.137 e. The molecule has 0 aliphatic rings. The minimum absolute atomic E-state index is 0.760. The molecule has 0 saturated heterocycles. The number of benzene rings is 2. The van der Waals surface area contributed by atoms with Gasteiger partial charge >= 0.3 is 0 Å². The van der Waals surface area contributed by atoms with Crippen molar-refractivity contribution < 1.29 is 13.9 Å². The third kappa shape index (κ3) is 4.68. The van der Waals surface area contributed by atoms with Crippen LogP contribution >= 0.6 is 0 Å². The highest BCUT2D eigenvalue weighted by molar-refractivity contribution is 5.80. The molecular formula is C22H26N2O3. The van der Waals surface area contributed by atoms with E-state index in [1.165, 1.54) is 0 Å². The van der Waals surface area contributed by atoms with Gasteiger partial charge in [-0.15, -0.1) is 0 Å². The summed E-state index contributed by atoms with van der Waals surface area (Å²) in [7, 11) is 7.47. The molecule has 0 unspecified atom stereocenters. The molecular weight excluding hydrogens is 340 g/mol. The Hall–Kier alpha value is -2.79. The summed E-state index contributed by atoms with van der Waals surface area (Å²) in [5.74, 6) is 2.39. The zero-order valence-electron chi connectivity index (χ0n) is 16.4. The van der Waals surface area contributed by atoms with Crippen LogP contribution in [0.3, 0.4) is 0 Å². The molecule has 0 spiro atoms. The van der Waals surface area contributed by atoms with Gasteiger partial charge in [-0.2, -0.15) is 0 Å². The van der Waals surface area contributed by atoms with Crippen LogP contribution in [0.5, 0.6) is 11.5 Å². The van der Waals surface area contributed by atoms with Crippen molar-refractivity contribution in [3.8, 4) is 22.8 Å². The van der Waals surface area contributed by atoms with Crippen molar-refractivity contribution in [2.24, 2.45) is 4.99 Å². The number of hydrogen-bond donors (Lipinski definition) is 0. The third-order valence-electron chi connectivity index (χ3n) is 4.37. The molecule has 0 fully saturated rings. The van der Waals surface area contributed by atoms with E-state index in [4.69, 9.17) is 18.9 Å². The SMILES string of the molecule is COc1ccc(-c2cc(=NCCCN(C)C)c3cc(OC)ccc3o2)cc1. The van der Waals surface area contributed by atoms with E-state index in [-0.39, 0.29) is 0 Å². The van der Waals surface area contributed by atoms with Crippen molar-refractivity contribution in [3.63, 3.8) is 0 Å². The summed E-state index contributed by atoms with van der Waals surface area (Å²) in [6.07, 6.45) is 1.00. The van der Waals surface area contributed by atoms with Gasteiger partial charge in [-0.05, 0) is 69.5 Å². The monoisotopic (exact) mass is 366 g/mol. The Labute approximate surface area is 159 Å². The van der Waals surface area contributed by atoms with Gasteiger partial charge in [0.1, 0.15) is 22.8 Å². The minimum atomic E-state index is 0.760. The number of methoxy groups -OCH3 is 2. The molecule has 2 aromatic carbocycles. The fourth-order valence-corrected chi connectivity index (χ4v) is 2.89. The molecule has 0 bridgehead atoms. The second-order valence-electron chi connectivity index (χ2n) is 6.63. The van der Waals surface area contributed by atoms with Crippen LogP contribution in [0.1, 0.15) is 6.42 Å². The van der Waals surface area contributed by atoms with Crippen molar-refractivity contribution in [1.82, 2.24) is 4.90 Å². The zero-order chi connectivity index (χ0) is 19.2. The average molecular weight is 366 g/mol. The highest BCUT2D eigenvalue weighted by Gasteiger charge is 2.08. The van der Waals surface area contributed by atoms with Gasteiger partial charge in [0, 0.05) is 23.6 Å². The predicted molar refractivity (Wildman–Crippen MR) is 108 cm³/mol. The van der Waals surface area contributed by atoms with Crippen molar-refractivity contribution in [3.05, 3.63) is 53.9 Å². The largest absolute Gasteiger partial charge is 0.497 e. The van der Waals surface area contributed by atoms with Crippen LogP contribution in [0, 0.1) is 0 Å². The maximum atomic E-state index is 6.14. The number of rotatable bonds is 7. The van der Waals surface area contributed by atoms with E-state index >= 15 is 0 Å². The normalized spacial score (nSPS) is 12.0. The van der Waals surface area contributed by atoms with Gasteiger partial charge in [-0.1, -0.05) is 0 Å². The van der Waals surface area contributed by atoms with Crippen molar-refractivity contribution in [1.29, 1.82) is 0 Å². The fourth-order valence-electron chi connectivity index (χ4n) is 2.89. The highest BCUT2D eigenvalue weighted by Crippen LogP contribution is 2.26. The van der Waals surface area contributed by atoms with Crippen LogP contribution in [-0.4, -0.2) is 46.3 Å². The van der Waals surface area contributed by atoms with Crippen LogP contribution in [0.25, 0.3) is 22.3 Å². The number of ether oxygens (including phenoxy) is 2. The Balaban J connectivity index is 2.06. The maximum Gasteiger partial charge on any atom is 0.137 e. The van der Waals surface area contributed by atoms with Gasteiger partial charge in [0.2, 0.25) is 0 Å². The second kappa shape index (κ2) is 8.73.